The highest BCUT2D eigenvalue weighted by atomic mass is 16.5. The first-order valence-electron chi connectivity index (χ1n) is 9.97. The van der Waals surface area contributed by atoms with Crippen LogP contribution < -0.4 is 4.74 Å². The summed E-state index contributed by atoms with van der Waals surface area (Å²) in [5.41, 5.74) is 1.27. The van der Waals surface area contributed by atoms with Crippen molar-refractivity contribution in [1.82, 2.24) is 15.1 Å². The maximum atomic E-state index is 12.6. The van der Waals surface area contributed by atoms with Crippen LogP contribution in [0.15, 0.2) is 28.7 Å². The highest BCUT2D eigenvalue weighted by Gasteiger charge is 2.28. The van der Waals surface area contributed by atoms with Gasteiger partial charge < -0.3 is 14.1 Å². The Balaban J connectivity index is 1.27. The first-order valence-corrected chi connectivity index (χ1v) is 9.97. The third kappa shape index (κ3) is 4.15. The number of ether oxygens (including phenoxy) is 1. The summed E-state index contributed by atoms with van der Waals surface area (Å²) in [6, 6.07) is 8.16. The van der Waals surface area contributed by atoms with Crippen molar-refractivity contribution >= 4 is 5.91 Å². The molecule has 1 unspecified atom stereocenters. The van der Waals surface area contributed by atoms with E-state index in [1.165, 1.54) is 18.4 Å². The lowest BCUT2D eigenvalue weighted by Crippen LogP contribution is -2.28. The number of likely N-dealkylation sites (tertiary alicyclic amines) is 1. The number of benzene rings is 1. The molecule has 1 aromatic carbocycles. The highest BCUT2D eigenvalue weighted by molar-refractivity contribution is 5.76. The van der Waals surface area contributed by atoms with Crippen LogP contribution in [-0.4, -0.2) is 41.2 Å². The molecule has 1 aliphatic carbocycles. The molecule has 1 saturated carbocycles. The predicted octanol–water partition coefficient (Wildman–Crippen LogP) is 3.68. The van der Waals surface area contributed by atoms with E-state index in [0.29, 0.717) is 30.6 Å². The van der Waals surface area contributed by atoms with Gasteiger partial charge in [-0.3, -0.25) is 4.79 Å². The molecule has 2 fully saturated rings. The molecule has 2 aromatic rings. The van der Waals surface area contributed by atoms with Gasteiger partial charge in [0.25, 0.3) is 0 Å². The van der Waals surface area contributed by atoms with Gasteiger partial charge in [0.1, 0.15) is 5.75 Å². The predicted molar refractivity (Wildman–Crippen MR) is 101 cm³/mol. The Hall–Kier alpha value is -2.37. The Morgan fingerprint density at radius 2 is 1.93 bits per heavy atom. The summed E-state index contributed by atoms with van der Waals surface area (Å²) in [4.78, 5) is 14.5. The topological polar surface area (TPSA) is 68.5 Å². The van der Waals surface area contributed by atoms with Gasteiger partial charge >= 0.3 is 0 Å². The number of amides is 1. The lowest BCUT2D eigenvalue weighted by atomic mass is 9.98. The quantitative estimate of drug-likeness (QED) is 0.777. The second kappa shape index (κ2) is 8.11. The Labute approximate surface area is 159 Å². The third-order valence-corrected chi connectivity index (χ3v) is 5.87. The summed E-state index contributed by atoms with van der Waals surface area (Å²) in [7, 11) is 1.67. The Morgan fingerprint density at radius 3 is 2.67 bits per heavy atom. The minimum Gasteiger partial charge on any atom is -0.497 e. The molecule has 1 aromatic heterocycles. The van der Waals surface area contributed by atoms with Crippen LogP contribution in [0.3, 0.4) is 0 Å². The SMILES string of the molecule is COc1ccc(C2CCN(C(=O)CCc3nnc(C4CCCC4)o3)C2)cc1. The van der Waals surface area contributed by atoms with Gasteiger partial charge in [0.2, 0.25) is 17.7 Å². The average molecular weight is 369 g/mol. The van der Waals surface area contributed by atoms with E-state index in [-0.39, 0.29) is 5.91 Å². The normalized spacial score (nSPS) is 20.3. The molecule has 1 amide bonds. The summed E-state index contributed by atoms with van der Waals surface area (Å²) in [5.74, 6) is 3.21. The molecule has 2 heterocycles. The average Bonchev–Trinajstić information content (AvgIpc) is 3.47. The van der Waals surface area contributed by atoms with Gasteiger partial charge in [0.05, 0.1) is 7.11 Å². The van der Waals surface area contributed by atoms with E-state index in [1.54, 1.807) is 7.11 Å². The molecule has 4 rings (SSSR count). The molecule has 27 heavy (non-hydrogen) atoms. The van der Waals surface area contributed by atoms with E-state index >= 15 is 0 Å². The Bertz CT molecular complexity index is 765. The maximum Gasteiger partial charge on any atom is 0.223 e. The molecule has 1 saturated heterocycles. The first kappa shape index (κ1) is 18.0. The smallest absolute Gasteiger partial charge is 0.223 e. The minimum atomic E-state index is 0.173. The molecule has 0 spiro atoms. The fourth-order valence-electron chi connectivity index (χ4n) is 4.21. The zero-order valence-electron chi connectivity index (χ0n) is 15.9. The number of nitrogens with zero attached hydrogens (tertiary/aromatic N) is 3. The van der Waals surface area contributed by atoms with Gasteiger partial charge in [-0.15, -0.1) is 10.2 Å². The summed E-state index contributed by atoms with van der Waals surface area (Å²) in [6.45, 7) is 1.59. The summed E-state index contributed by atoms with van der Waals surface area (Å²) in [5, 5.41) is 8.33. The number of aromatic nitrogens is 2. The van der Waals surface area contributed by atoms with Crippen LogP contribution in [0.5, 0.6) is 5.75 Å². The van der Waals surface area contributed by atoms with Crippen LogP contribution in [0, 0.1) is 0 Å². The zero-order valence-corrected chi connectivity index (χ0v) is 15.9. The molecule has 1 aliphatic heterocycles. The molecule has 0 N–H and O–H groups in total. The summed E-state index contributed by atoms with van der Waals surface area (Å²) >= 11 is 0. The van der Waals surface area contributed by atoms with E-state index < -0.39 is 0 Å². The standard InChI is InChI=1S/C21H27N3O3/c1-26-18-8-6-15(7-9-18)17-12-13-24(14-17)20(25)11-10-19-22-23-21(27-19)16-4-2-3-5-16/h6-9,16-17H,2-5,10-14H2,1H3. The number of carbonyl (C=O) groups is 1. The molecular weight excluding hydrogens is 342 g/mol. The van der Waals surface area contributed by atoms with Crippen molar-refractivity contribution in [2.45, 2.75) is 56.8 Å². The fourth-order valence-corrected chi connectivity index (χ4v) is 4.21. The van der Waals surface area contributed by atoms with Gasteiger partial charge in [-0.2, -0.15) is 0 Å². The van der Waals surface area contributed by atoms with Crippen LogP contribution in [0.4, 0.5) is 0 Å². The second-order valence-corrected chi connectivity index (χ2v) is 7.61. The molecule has 0 bridgehead atoms. The Kier molecular flexibility index (Phi) is 5.41. The molecule has 2 aliphatic rings. The Morgan fingerprint density at radius 1 is 1.15 bits per heavy atom. The van der Waals surface area contributed by atoms with E-state index in [9.17, 15) is 4.79 Å². The van der Waals surface area contributed by atoms with Crippen LogP contribution >= 0.6 is 0 Å². The second-order valence-electron chi connectivity index (χ2n) is 7.61. The molecular formula is C21H27N3O3. The van der Waals surface area contributed by atoms with E-state index in [1.807, 2.05) is 17.0 Å². The van der Waals surface area contributed by atoms with Crippen molar-refractivity contribution in [2.75, 3.05) is 20.2 Å². The maximum absolute atomic E-state index is 12.6. The highest BCUT2D eigenvalue weighted by Crippen LogP contribution is 2.33. The van der Waals surface area contributed by atoms with Crippen LogP contribution in [0.1, 0.15) is 67.7 Å². The largest absolute Gasteiger partial charge is 0.497 e. The number of hydrogen-bond donors (Lipinski definition) is 0. The zero-order chi connectivity index (χ0) is 18.6. The fraction of sp³-hybridized carbons (Fsp3) is 0.571. The van der Waals surface area contributed by atoms with E-state index in [0.717, 1.165) is 44.0 Å². The van der Waals surface area contributed by atoms with Crippen LogP contribution in [-0.2, 0) is 11.2 Å². The molecule has 0 radical (unpaired) electrons. The van der Waals surface area contributed by atoms with Crippen LogP contribution in [0.2, 0.25) is 0 Å². The summed E-state index contributed by atoms with van der Waals surface area (Å²) in [6.07, 6.45) is 6.73. The van der Waals surface area contributed by atoms with Gasteiger partial charge in [0, 0.05) is 37.8 Å². The lowest BCUT2D eigenvalue weighted by molar-refractivity contribution is -0.130. The number of methoxy groups -OCH3 is 1. The van der Waals surface area contributed by atoms with Crippen molar-refractivity contribution in [2.24, 2.45) is 0 Å². The lowest BCUT2D eigenvalue weighted by Gasteiger charge is -2.16. The van der Waals surface area contributed by atoms with Gasteiger partial charge in [-0.25, -0.2) is 0 Å². The van der Waals surface area contributed by atoms with Crippen molar-refractivity contribution in [3.8, 4) is 5.75 Å². The molecule has 1 atom stereocenters. The molecule has 6 heteroatoms. The number of hydrogen-bond acceptors (Lipinski definition) is 5. The molecule has 144 valence electrons. The van der Waals surface area contributed by atoms with Gasteiger partial charge in [-0.05, 0) is 37.0 Å². The van der Waals surface area contributed by atoms with E-state index in [2.05, 4.69) is 22.3 Å². The monoisotopic (exact) mass is 369 g/mol. The minimum absolute atomic E-state index is 0.173. The van der Waals surface area contributed by atoms with Crippen LogP contribution in [0.25, 0.3) is 0 Å². The summed E-state index contributed by atoms with van der Waals surface area (Å²) < 4.78 is 11.0. The van der Waals surface area contributed by atoms with Gasteiger partial charge in [-0.1, -0.05) is 25.0 Å². The number of rotatable bonds is 6. The number of carbonyl (C=O) groups excluding carboxylic acids is 1. The van der Waals surface area contributed by atoms with Crippen molar-refractivity contribution < 1.29 is 13.9 Å². The number of aryl methyl sites for hydroxylation is 1. The van der Waals surface area contributed by atoms with Crippen molar-refractivity contribution in [1.29, 1.82) is 0 Å². The third-order valence-electron chi connectivity index (χ3n) is 5.87. The van der Waals surface area contributed by atoms with Crippen molar-refractivity contribution in [3.63, 3.8) is 0 Å². The van der Waals surface area contributed by atoms with Gasteiger partial charge in [0.15, 0.2) is 0 Å². The first-order chi connectivity index (χ1) is 13.2. The van der Waals surface area contributed by atoms with E-state index in [4.69, 9.17) is 9.15 Å². The molecule has 6 nitrogen and oxygen atoms in total. The van der Waals surface area contributed by atoms with Crippen molar-refractivity contribution in [3.05, 3.63) is 41.6 Å².